The zero-order valence-electron chi connectivity index (χ0n) is 27.1. The molecule has 0 aliphatic carbocycles. The van der Waals surface area contributed by atoms with Gasteiger partial charge in [0.15, 0.2) is 11.4 Å². The number of para-hydroxylation sites is 2. The van der Waals surface area contributed by atoms with Crippen molar-refractivity contribution in [3.8, 4) is 17.1 Å². The lowest BCUT2D eigenvalue weighted by Gasteiger charge is -2.14. The molecule has 0 spiro atoms. The van der Waals surface area contributed by atoms with E-state index in [-0.39, 0.29) is 0 Å². The summed E-state index contributed by atoms with van der Waals surface area (Å²) in [5.74, 6) is 0.721. The quantitative estimate of drug-likeness (QED) is 0.187. The summed E-state index contributed by atoms with van der Waals surface area (Å²) < 4.78 is 15.8. The fraction of sp³-hybridized carbons (Fsp3) is 0. The van der Waals surface area contributed by atoms with E-state index in [1.165, 1.54) is 5.39 Å². The zero-order valence-corrected chi connectivity index (χ0v) is 27.1. The molecule has 12 rings (SSSR count). The standard InChI is InChI=1S/C46H25N3O2/c1-3-15-28-26(12-1)14-11-21-32(28)40-45(47-41-34-20-8-10-23-37(34)50-46(41)48-40)49-36-22-9-7-19-33(36)38-30-17-5-6-18-31(30)39-35-25-24-27-13-2-4-16-29(27)43(35)51-44(39)42(38)49/h1-25H. The highest BCUT2D eigenvalue weighted by molar-refractivity contribution is 6.36. The molecule has 0 aliphatic rings. The Morgan fingerprint density at radius 1 is 0.431 bits per heavy atom. The minimum atomic E-state index is 0.509. The van der Waals surface area contributed by atoms with Gasteiger partial charge in [0.05, 0.1) is 11.0 Å². The molecule has 236 valence electrons. The Balaban J connectivity index is 1.35. The number of benzene rings is 8. The molecule has 8 aromatic carbocycles. The average molecular weight is 652 g/mol. The topological polar surface area (TPSA) is 57.0 Å². The van der Waals surface area contributed by atoms with E-state index in [1.54, 1.807) is 0 Å². The van der Waals surface area contributed by atoms with E-state index in [0.717, 1.165) is 104 Å². The van der Waals surface area contributed by atoms with Gasteiger partial charge in [-0.25, -0.2) is 9.97 Å². The molecule has 0 amide bonds. The number of hydrogen-bond donors (Lipinski definition) is 0. The molecule has 5 nitrogen and oxygen atoms in total. The van der Waals surface area contributed by atoms with E-state index in [0.29, 0.717) is 5.71 Å². The predicted octanol–water partition coefficient (Wildman–Crippen LogP) is 12.5. The largest absolute Gasteiger partial charge is 0.453 e. The van der Waals surface area contributed by atoms with E-state index in [1.807, 2.05) is 18.2 Å². The van der Waals surface area contributed by atoms with Crippen LogP contribution in [-0.2, 0) is 0 Å². The van der Waals surface area contributed by atoms with E-state index < -0.39 is 0 Å². The van der Waals surface area contributed by atoms with Crippen LogP contribution in [0.25, 0.3) is 115 Å². The lowest BCUT2D eigenvalue weighted by atomic mass is 9.98. The lowest BCUT2D eigenvalue weighted by molar-refractivity contribution is 0.653. The lowest BCUT2D eigenvalue weighted by Crippen LogP contribution is -2.03. The van der Waals surface area contributed by atoms with Crippen LogP contribution in [0.5, 0.6) is 0 Å². The molecule has 0 unspecified atom stereocenters. The Kier molecular flexibility index (Phi) is 5.17. The third kappa shape index (κ3) is 3.54. The van der Waals surface area contributed by atoms with Crippen molar-refractivity contribution in [2.24, 2.45) is 0 Å². The van der Waals surface area contributed by atoms with Gasteiger partial charge in [-0.3, -0.25) is 4.57 Å². The Hall–Kier alpha value is -6.98. The summed E-state index contributed by atoms with van der Waals surface area (Å²) in [4.78, 5) is 10.9. The molecule has 0 aliphatic heterocycles. The number of fused-ring (bicyclic) bond motifs is 16. The van der Waals surface area contributed by atoms with Crippen molar-refractivity contribution in [1.82, 2.24) is 14.5 Å². The summed E-state index contributed by atoms with van der Waals surface area (Å²) in [5.41, 5.74) is 7.42. The molecule has 0 saturated carbocycles. The van der Waals surface area contributed by atoms with Gasteiger partial charge >= 0.3 is 0 Å². The summed E-state index contributed by atoms with van der Waals surface area (Å²) in [6, 6.07) is 53.0. The van der Waals surface area contributed by atoms with Crippen LogP contribution in [0.4, 0.5) is 0 Å². The molecule has 0 fully saturated rings. The van der Waals surface area contributed by atoms with Gasteiger partial charge in [-0.15, -0.1) is 0 Å². The van der Waals surface area contributed by atoms with Crippen LogP contribution in [0, 0.1) is 0 Å². The second-order valence-electron chi connectivity index (χ2n) is 13.3. The SMILES string of the molecule is c1ccc2c(-c3nc4oc5ccccc5c4nc3-n3c4ccccc4c4c5ccccc5c5c6ccc7ccccc7c6oc5c43)cccc2c1. The molecule has 0 N–H and O–H groups in total. The Morgan fingerprint density at radius 2 is 1.08 bits per heavy atom. The Bertz CT molecular complexity index is 3430. The molecule has 0 bridgehead atoms. The van der Waals surface area contributed by atoms with E-state index >= 15 is 0 Å². The van der Waals surface area contributed by atoms with Crippen LogP contribution in [0.1, 0.15) is 0 Å². The summed E-state index contributed by atoms with van der Waals surface area (Å²) in [7, 11) is 0. The van der Waals surface area contributed by atoms with E-state index in [2.05, 4.69) is 138 Å². The normalized spacial score (nSPS) is 12.3. The third-order valence-electron chi connectivity index (χ3n) is 10.6. The van der Waals surface area contributed by atoms with Crippen LogP contribution >= 0.6 is 0 Å². The van der Waals surface area contributed by atoms with Gasteiger partial charge in [-0.2, -0.15) is 0 Å². The summed E-state index contributed by atoms with van der Waals surface area (Å²) >= 11 is 0. The molecule has 4 heterocycles. The van der Waals surface area contributed by atoms with E-state index in [9.17, 15) is 0 Å². The van der Waals surface area contributed by atoms with Crippen LogP contribution in [0.15, 0.2) is 160 Å². The number of rotatable bonds is 2. The van der Waals surface area contributed by atoms with Crippen molar-refractivity contribution in [2.75, 3.05) is 0 Å². The van der Waals surface area contributed by atoms with Crippen molar-refractivity contribution in [1.29, 1.82) is 0 Å². The maximum atomic E-state index is 7.15. The van der Waals surface area contributed by atoms with Crippen molar-refractivity contribution in [3.63, 3.8) is 0 Å². The smallest absolute Gasteiger partial charge is 0.247 e. The molecular formula is C46H25N3O2. The predicted molar refractivity (Wildman–Crippen MR) is 209 cm³/mol. The van der Waals surface area contributed by atoms with E-state index in [4.69, 9.17) is 18.8 Å². The highest BCUT2D eigenvalue weighted by Gasteiger charge is 2.27. The number of nitrogens with zero attached hydrogens (tertiary/aromatic N) is 3. The zero-order chi connectivity index (χ0) is 33.2. The molecular weight excluding hydrogens is 627 g/mol. The number of aromatic nitrogens is 3. The molecule has 4 aromatic heterocycles. The van der Waals surface area contributed by atoms with Gasteiger partial charge in [-0.1, -0.05) is 127 Å². The monoisotopic (exact) mass is 651 g/mol. The van der Waals surface area contributed by atoms with Crippen LogP contribution in [-0.4, -0.2) is 14.5 Å². The van der Waals surface area contributed by atoms with Crippen LogP contribution < -0.4 is 0 Å². The van der Waals surface area contributed by atoms with Gasteiger partial charge < -0.3 is 8.83 Å². The van der Waals surface area contributed by atoms with Gasteiger partial charge in [0.2, 0.25) is 5.71 Å². The summed E-state index contributed by atoms with van der Waals surface area (Å²) in [5, 5.41) is 12.2. The molecule has 12 aromatic rings. The first-order valence-electron chi connectivity index (χ1n) is 17.2. The summed E-state index contributed by atoms with van der Waals surface area (Å²) in [6.45, 7) is 0. The highest BCUT2D eigenvalue weighted by Crippen LogP contribution is 2.48. The highest BCUT2D eigenvalue weighted by atomic mass is 16.3. The molecule has 0 saturated heterocycles. The van der Waals surface area contributed by atoms with Crippen molar-refractivity contribution in [2.45, 2.75) is 0 Å². The minimum Gasteiger partial charge on any atom is -0.453 e. The maximum absolute atomic E-state index is 7.15. The minimum absolute atomic E-state index is 0.509. The molecule has 51 heavy (non-hydrogen) atoms. The fourth-order valence-electron chi connectivity index (χ4n) is 8.41. The fourth-order valence-corrected chi connectivity index (χ4v) is 8.41. The van der Waals surface area contributed by atoms with Crippen molar-refractivity contribution in [3.05, 3.63) is 152 Å². The maximum Gasteiger partial charge on any atom is 0.247 e. The first-order chi connectivity index (χ1) is 25.3. The van der Waals surface area contributed by atoms with Gasteiger partial charge in [0.25, 0.3) is 0 Å². The number of hydrogen-bond acceptors (Lipinski definition) is 4. The average Bonchev–Trinajstić information content (AvgIpc) is 3.87. The van der Waals surface area contributed by atoms with Gasteiger partial charge in [-0.05, 0) is 51.2 Å². The van der Waals surface area contributed by atoms with Gasteiger partial charge in [0.1, 0.15) is 22.4 Å². The number of furan rings is 2. The summed E-state index contributed by atoms with van der Waals surface area (Å²) in [6.07, 6.45) is 0. The second kappa shape index (κ2) is 9.80. The van der Waals surface area contributed by atoms with Crippen molar-refractivity contribution >= 4 is 98.3 Å². The molecule has 5 heteroatoms. The van der Waals surface area contributed by atoms with Gasteiger partial charge in [0, 0.05) is 37.9 Å². The molecule has 0 atom stereocenters. The van der Waals surface area contributed by atoms with Crippen LogP contribution in [0.2, 0.25) is 0 Å². The third-order valence-corrected chi connectivity index (χ3v) is 10.6. The first kappa shape index (κ1) is 26.9. The second-order valence-corrected chi connectivity index (χ2v) is 13.3. The Labute approximate surface area is 289 Å². The van der Waals surface area contributed by atoms with Crippen LogP contribution in [0.3, 0.4) is 0 Å². The van der Waals surface area contributed by atoms with Crippen molar-refractivity contribution < 1.29 is 8.83 Å². The molecule has 0 radical (unpaired) electrons. The first-order valence-corrected chi connectivity index (χ1v) is 17.2. The Morgan fingerprint density at radius 3 is 1.92 bits per heavy atom.